The third-order valence-electron chi connectivity index (χ3n) is 3.90. The summed E-state index contributed by atoms with van der Waals surface area (Å²) >= 11 is 0. The second kappa shape index (κ2) is 11.5. The molecule has 0 unspecified atom stereocenters. The first kappa shape index (κ1) is 23.7. The molecule has 27 heavy (non-hydrogen) atoms. The number of halogens is 4. The van der Waals surface area contributed by atoms with Crippen LogP contribution in [0.1, 0.15) is 18.4 Å². The topological polar surface area (TPSA) is 59.0 Å². The molecule has 10 heteroatoms. The molecule has 154 valence electrons. The van der Waals surface area contributed by atoms with E-state index >= 15 is 0 Å². The molecule has 0 radical (unpaired) electrons. The number of aromatic nitrogens is 1. The van der Waals surface area contributed by atoms with Crippen LogP contribution in [-0.2, 0) is 10.9 Å². The summed E-state index contributed by atoms with van der Waals surface area (Å²) in [5.74, 6) is 0.933. The molecule has 0 spiro atoms. The van der Waals surface area contributed by atoms with E-state index in [0.717, 1.165) is 18.6 Å². The minimum atomic E-state index is -4.49. The summed E-state index contributed by atoms with van der Waals surface area (Å²) in [7, 11) is 3.52. The van der Waals surface area contributed by atoms with Gasteiger partial charge >= 0.3 is 6.18 Å². The number of rotatable bonds is 9. The van der Waals surface area contributed by atoms with Gasteiger partial charge in [0.1, 0.15) is 12.2 Å². The van der Waals surface area contributed by atoms with E-state index in [1.807, 2.05) is 11.9 Å². The van der Waals surface area contributed by atoms with Crippen LogP contribution in [0.3, 0.4) is 0 Å². The van der Waals surface area contributed by atoms with Gasteiger partial charge in [0, 0.05) is 33.4 Å². The van der Waals surface area contributed by atoms with Crippen molar-refractivity contribution in [3.8, 4) is 5.88 Å². The van der Waals surface area contributed by atoms with Gasteiger partial charge in [-0.05, 0) is 30.9 Å². The highest BCUT2D eigenvalue weighted by Gasteiger charge is 2.35. The molecule has 6 nitrogen and oxygen atoms in total. The lowest BCUT2D eigenvalue weighted by atomic mass is 10.2. The summed E-state index contributed by atoms with van der Waals surface area (Å²) in [6.07, 6.45) is -0.711. The summed E-state index contributed by atoms with van der Waals surface area (Å²) in [6, 6.07) is 2.18. The van der Waals surface area contributed by atoms with E-state index in [1.54, 1.807) is 7.05 Å². The monoisotopic (exact) mass is 502 g/mol. The first-order valence-electron chi connectivity index (χ1n) is 8.56. The van der Waals surface area contributed by atoms with Crippen molar-refractivity contribution < 1.29 is 22.6 Å². The van der Waals surface area contributed by atoms with Crippen molar-refractivity contribution in [1.29, 1.82) is 0 Å². The summed E-state index contributed by atoms with van der Waals surface area (Å²) in [4.78, 5) is 9.70. The molecule has 1 aromatic rings. The average molecular weight is 502 g/mol. The number of pyridine rings is 1. The van der Waals surface area contributed by atoms with E-state index < -0.39 is 17.6 Å². The van der Waals surface area contributed by atoms with Crippen molar-refractivity contribution >= 4 is 29.9 Å². The maximum absolute atomic E-state index is 12.9. The summed E-state index contributed by atoms with van der Waals surface area (Å²) < 4.78 is 49.4. The van der Waals surface area contributed by atoms with Gasteiger partial charge in [0.15, 0.2) is 5.96 Å². The van der Waals surface area contributed by atoms with Gasteiger partial charge in [-0.15, -0.1) is 24.0 Å². The fourth-order valence-corrected chi connectivity index (χ4v) is 2.26. The molecule has 0 aliphatic heterocycles. The van der Waals surface area contributed by atoms with Crippen LogP contribution in [0.15, 0.2) is 23.3 Å². The molecule has 0 aromatic carbocycles. The van der Waals surface area contributed by atoms with Crippen molar-refractivity contribution in [2.45, 2.75) is 19.0 Å². The Morgan fingerprint density at radius 1 is 1.37 bits per heavy atom. The Morgan fingerprint density at radius 2 is 2.11 bits per heavy atom. The Labute approximate surface area is 174 Å². The lowest BCUT2D eigenvalue weighted by Crippen LogP contribution is -2.42. The van der Waals surface area contributed by atoms with E-state index in [1.165, 1.54) is 25.1 Å². The molecular weight excluding hydrogens is 476 g/mol. The molecular formula is C17H26F3IN4O2. The first-order valence-corrected chi connectivity index (χ1v) is 8.56. The molecule has 0 amide bonds. The molecule has 0 saturated heterocycles. The lowest BCUT2D eigenvalue weighted by Gasteiger charge is -2.22. The second-order valence-electron chi connectivity index (χ2n) is 6.12. The minimum absolute atomic E-state index is 0. The van der Waals surface area contributed by atoms with E-state index in [0.29, 0.717) is 25.7 Å². The Hall–Kier alpha value is -1.30. The van der Waals surface area contributed by atoms with Crippen molar-refractivity contribution in [2.75, 3.05) is 47.0 Å². The summed E-state index contributed by atoms with van der Waals surface area (Å²) in [5, 5.41) is 3.05. The van der Waals surface area contributed by atoms with Gasteiger partial charge < -0.3 is 19.7 Å². The normalized spacial score (nSPS) is 14.5. The largest absolute Gasteiger partial charge is 0.475 e. The highest BCUT2D eigenvalue weighted by molar-refractivity contribution is 14.0. The van der Waals surface area contributed by atoms with Crippen molar-refractivity contribution in [3.63, 3.8) is 0 Å². The van der Waals surface area contributed by atoms with Crippen LogP contribution in [-0.4, -0.2) is 62.8 Å². The zero-order valence-electron chi connectivity index (χ0n) is 15.5. The zero-order valence-corrected chi connectivity index (χ0v) is 17.8. The molecule has 1 fully saturated rings. The van der Waals surface area contributed by atoms with Crippen LogP contribution < -0.4 is 10.1 Å². The Balaban J connectivity index is 0.00000364. The fourth-order valence-electron chi connectivity index (χ4n) is 2.26. The molecule has 1 N–H and O–H groups in total. The number of hydrogen-bond acceptors (Lipinski definition) is 4. The van der Waals surface area contributed by atoms with Crippen molar-refractivity contribution in [1.82, 2.24) is 15.2 Å². The van der Waals surface area contributed by atoms with Gasteiger partial charge in [-0.3, -0.25) is 4.99 Å². The number of ether oxygens (including phenoxy) is 2. The summed E-state index contributed by atoms with van der Waals surface area (Å²) in [5.41, 5.74) is -0.880. The van der Waals surface area contributed by atoms with E-state index in [4.69, 9.17) is 9.47 Å². The van der Waals surface area contributed by atoms with Crippen LogP contribution in [0, 0.1) is 5.92 Å². The van der Waals surface area contributed by atoms with Gasteiger partial charge in [-0.2, -0.15) is 13.2 Å². The van der Waals surface area contributed by atoms with Gasteiger partial charge in [0.25, 0.3) is 0 Å². The SMILES string of the molecule is CN=C(NCCOc1ncccc1C(F)(F)F)N(C)CCOCC1CC1.I. The van der Waals surface area contributed by atoms with Crippen LogP contribution in [0.4, 0.5) is 13.2 Å². The number of likely N-dealkylation sites (N-methyl/N-ethyl adjacent to an activating group) is 1. The number of nitrogens with one attached hydrogen (secondary N) is 1. The smallest absolute Gasteiger partial charge is 0.421 e. The van der Waals surface area contributed by atoms with Gasteiger partial charge in [0.05, 0.1) is 13.2 Å². The highest BCUT2D eigenvalue weighted by Crippen LogP contribution is 2.34. The maximum atomic E-state index is 12.9. The molecule has 2 rings (SSSR count). The number of nitrogens with zero attached hydrogens (tertiary/aromatic N) is 3. The van der Waals surface area contributed by atoms with Crippen LogP contribution >= 0.6 is 24.0 Å². The predicted octanol–water partition coefficient (Wildman–Crippen LogP) is 3.03. The average Bonchev–Trinajstić information content (AvgIpc) is 3.42. The number of alkyl halides is 3. The van der Waals surface area contributed by atoms with Crippen molar-refractivity contribution in [3.05, 3.63) is 23.9 Å². The van der Waals surface area contributed by atoms with Gasteiger partial charge in [0.2, 0.25) is 5.88 Å². The third kappa shape index (κ3) is 8.50. The molecule has 1 aliphatic rings. The number of guanidine groups is 1. The Bertz CT molecular complexity index is 598. The molecule has 1 saturated carbocycles. The Kier molecular flexibility index (Phi) is 10.1. The molecule has 1 aliphatic carbocycles. The quantitative estimate of drug-likeness (QED) is 0.244. The Morgan fingerprint density at radius 3 is 2.74 bits per heavy atom. The fraction of sp³-hybridized carbons (Fsp3) is 0.647. The maximum Gasteiger partial charge on any atom is 0.421 e. The standard InChI is InChI=1S/C17H25F3N4O2.HI/c1-21-16(24(2)9-11-25-12-13-5-6-13)23-8-10-26-15-14(17(18,19)20)4-3-7-22-15;/h3-4,7,13H,5-6,8-12H2,1-2H3,(H,21,23);1H. The first-order chi connectivity index (χ1) is 12.4. The lowest BCUT2D eigenvalue weighted by molar-refractivity contribution is -0.139. The number of aliphatic imine (C=N–C) groups is 1. The third-order valence-corrected chi connectivity index (χ3v) is 3.90. The molecule has 0 bridgehead atoms. The summed E-state index contributed by atoms with van der Waals surface area (Å²) in [6.45, 7) is 2.41. The predicted molar refractivity (Wildman–Crippen MR) is 108 cm³/mol. The van der Waals surface area contributed by atoms with Crippen LogP contribution in [0.5, 0.6) is 5.88 Å². The van der Waals surface area contributed by atoms with Crippen LogP contribution in [0.2, 0.25) is 0 Å². The zero-order chi connectivity index (χ0) is 19.0. The second-order valence-corrected chi connectivity index (χ2v) is 6.12. The molecule has 1 heterocycles. The van der Waals surface area contributed by atoms with E-state index in [2.05, 4.69) is 15.3 Å². The van der Waals surface area contributed by atoms with E-state index in [-0.39, 0.29) is 30.6 Å². The highest BCUT2D eigenvalue weighted by atomic mass is 127. The molecule has 1 aromatic heterocycles. The van der Waals surface area contributed by atoms with Crippen LogP contribution in [0.25, 0.3) is 0 Å². The minimum Gasteiger partial charge on any atom is -0.475 e. The van der Waals surface area contributed by atoms with E-state index in [9.17, 15) is 13.2 Å². The van der Waals surface area contributed by atoms with Gasteiger partial charge in [-0.1, -0.05) is 0 Å². The molecule has 0 atom stereocenters. The number of hydrogen-bond donors (Lipinski definition) is 1. The van der Waals surface area contributed by atoms with Gasteiger partial charge in [-0.25, -0.2) is 4.98 Å². The van der Waals surface area contributed by atoms with Crippen molar-refractivity contribution in [2.24, 2.45) is 10.9 Å².